The average Bonchev–Trinajstić information content (AvgIpc) is 2.72. The summed E-state index contributed by atoms with van der Waals surface area (Å²) in [7, 11) is 2.58. The monoisotopic (exact) mass is 456 g/mol. The predicted molar refractivity (Wildman–Crippen MR) is 115 cm³/mol. The minimum atomic E-state index is -0.709. The van der Waals surface area contributed by atoms with E-state index in [4.69, 9.17) is 28.1 Å². The third kappa shape index (κ3) is 4.79. The molecule has 0 unspecified atom stereocenters. The van der Waals surface area contributed by atoms with Gasteiger partial charge in [0.2, 0.25) is 16.9 Å². The van der Waals surface area contributed by atoms with Gasteiger partial charge in [-0.15, -0.1) is 0 Å². The lowest BCUT2D eigenvalue weighted by molar-refractivity contribution is -0.133. The molecule has 172 valence electrons. The van der Waals surface area contributed by atoms with Crippen LogP contribution in [0.2, 0.25) is 0 Å². The van der Waals surface area contributed by atoms with Crippen LogP contribution in [0.3, 0.4) is 0 Å². The molecule has 33 heavy (non-hydrogen) atoms. The number of esters is 3. The smallest absolute Gasteiger partial charge is 0.308 e. The van der Waals surface area contributed by atoms with Gasteiger partial charge in [0, 0.05) is 32.4 Å². The molecule has 0 bridgehead atoms. The normalized spacial score (nSPS) is 10.5. The van der Waals surface area contributed by atoms with Crippen molar-refractivity contribution in [1.82, 2.24) is 0 Å². The Morgan fingerprint density at radius 2 is 1.30 bits per heavy atom. The van der Waals surface area contributed by atoms with Crippen LogP contribution < -0.4 is 29.1 Å². The van der Waals surface area contributed by atoms with Crippen LogP contribution in [-0.2, 0) is 14.4 Å². The fourth-order valence-electron chi connectivity index (χ4n) is 3.15. The van der Waals surface area contributed by atoms with Crippen LogP contribution in [-0.4, -0.2) is 32.1 Å². The van der Waals surface area contributed by atoms with Gasteiger partial charge < -0.3 is 28.1 Å². The molecule has 0 atom stereocenters. The molecule has 1 aromatic heterocycles. The molecular weight excluding hydrogens is 436 g/mol. The minimum absolute atomic E-state index is 0.0245. The fourth-order valence-corrected chi connectivity index (χ4v) is 3.15. The maximum absolute atomic E-state index is 13.4. The van der Waals surface area contributed by atoms with Crippen LogP contribution in [0, 0.1) is 0 Å². The van der Waals surface area contributed by atoms with Crippen molar-refractivity contribution in [2.24, 2.45) is 0 Å². The first-order chi connectivity index (χ1) is 15.7. The number of carbonyl (C=O) groups is 3. The van der Waals surface area contributed by atoms with Crippen LogP contribution >= 0.6 is 0 Å². The second kappa shape index (κ2) is 9.43. The largest absolute Gasteiger partial charge is 0.490 e. The van der Waals surface area contributed by atoms with Gasteiger partial charge in [0.25, 0.3) is 0 Å². The molecule has 0 N–H and O–H groups in total. The first kappa shape index (κ1) is 23.3. The first-order valence-electron chi connectivity index (χ1n) is 9.57. The third-order valence-electron chi connectivity index (χ3n) is 4.30. The average molecular weight is 456 g/mol. The van der Waals surface area contributed by atoms with E-state index in [2.05, 4.69) is 0 Å². The van der Waals surface area contributed by atoms with Gasteiger partial charge in [-0.2, -0.15) is 0 Å². The summed E-state index contributed by atoms with van der Waals surface area (Å²) in [6.45, 7) is 3.60. The number of carbonyl (C=O) groups excluding carboxylic acids is 3. The van der Waals surface area contributed by atoms with Crippen molar-refractivity contribution in [2.75, 3.05) is 14.2 Å². The zero-order chi connectivity index (χ0) is 24.3. The lowest BCUT2D eigenvalue weighted by Gasteiger charge is -2.16. The standard InChI is InChI=1S/C23H20O10/c1-11(24)30-15-8-6-14(7-9-15)20-23(29-5)19(27)18-16(31-12(2)25)10-17(32-13(3)26)21(28-4)22(18)33-20/h6-10H,1-5H3. The highest BCUT2D eigenvalue weighted by atomic mass is 16.6. The highest BCUT2D eigenvalue weighted by Gasteiger charge is 2.26. The number of ether oxygens (including phenoxy) is 5. The SMILES string of the molecule is COc1c(-c2ccc(OC(C)=O)cc2)oc2c(OC)c(OC(C)=O)cc(OC(C)=O)c2c1=O. The van der Waals surface area contributed by atoms with Crippen molar-refractivity contribution >= 4 is 28.9 Å². The number of fused-ring (bicyclic) bond motifs is 1. The summed E-state index contributed by atoms with van der Waals surface area (Å²) in [5.41, 5.74) is -0.366. The van der Waals surface area contributed by atoms with Crippen LogP contribution in [0.15, 0.2) is 39.5 Å². The minimum Gasteiger partial charge on any atom is -0.490 e. The molecule has 10 nitrogen and oxygen atoms in total. The van der Waals surface area contributed by atoms with Crippen molar-refractivity contribution in [1.29, 1.82) is 0 Å². The Balaban J connectivity index is 2.36. The lowest BCUT2D eigenvalue weighted by Crippen LogP contribution is -2.13. The number of methoxy groups -OCH3 is 2. The Hall–Kier alpha value is -4.34. The molecule has 3 rings (SSSR count). The van der Waals surface area contributed by atoms with E-state index in [-0.39, 0.29) is 39.7 Å². The Bertz CT molecular complexity index is 1300. The fraction of sp³-hybridized carbons (Fsp3) is 0.217. The number of hydrogen-bond acceptors (Lipinski definition) is 10. The molecule has 10 heteroatoms. The number of rotatable bonds is 6. The van der Waals surface area contributed by atoms with Crippen LogP contribution in [0.5, 0.6) is 28.7 Å². The van der Waals surface area contributed by atoms with Crippen molar-refractivity contribution in [2.45, 2.75) is 20.8 Å². The zero-order valence-electron chi connectivity index (χ0n) is 18.5. The predicted octanol–water partition coefficient (Wildman–Crippen LogP) is 3.25. The second-order valence-electron chi connectivity index (χ2n) is 6.71. The van der Waals surface area contributed by atoms with Crippen LogP contribution in [0.4, 0.5) is 0 Å². The Morgan fingerprint density at radius 3 is 1.82 bits per heavy atom. The quantitative estimate of drug-likeness (QED) is 0.403. The van der Waals surface area contributed by atoms with Gasteiger partial charge >= 0.3 is 17.9 Å². The molecule has 0 aliphatic heterocycles. The summed E-state index contributed by atoms with van der Waals surface area (Å²) in [6, 6.07) is 7.32. The summed E-state index contributed by atoms with van der Waals surface area (Å²) in [4.78, 5) is 47.7. The molecule has 0 saturated heterocycles. The summed E-state index contributed by atoms with van der Waals surface area (Å²) in [6.07, 6.45) is 0. The van der Waals surface area contributed by atoms with Gasteiger partial charge in [0.1, 0.15) is 16.9 Å². The van der Waals surface area contributed by atoms with E-state index in [1.165, 1.54) is 46.3 Å². The maximum atomic E-state index is 13.4. The molecule has 1 heterocycles. The van der Waals surface area contributed by atoms with E-state index < -0.39 is 23.3 Å². The molecule has 0 saturated carbocycles. The molecule has 0 aliphatic carbocycles. The van der Waals surface area contributed by atoms with E-state index in [1.54, 1.807) is 12.1 Å². The number of benzene rings is 2. The molecular formula is C23H20O10. The Labute approximate surface area is 187 Å². The van der Waals surface area contributed by atoms with E-state index in [1.807, 2.05) is 0 Å². The van der Waals surface area contributed by atoms with Gasteiger partial charge in [-0.25, -0.2) is 0 Å². The molecule has 0 fully saturated rings. The van der Waals surface area contributed by atoms with Crippen LogP contribution in [0.25, 0.3) is 22.3 Å². The second-order valence-corrected chi connectivity index (χ2v) is 6.71. The highest BCUT2D eigenvalue weighted by Crippen LogP contribution is 2.44. The van der Waals surface area contributed by atoms with E-state index >= 15 is 0 Å². The van der Waals surface area contributed by atoms with E-state index in [0.29, 0.717) is 11.3 Å². The lowest BCUT2D eigenvalue weighted by atomic mass is 10.1. The summed E-state index contributed by atoms with van der Waals surface area (Å²) in [5.74, 6) is -2.09. The van der Waals surface area contributed by atoms with Crippen molar-refractivity contribution in [3.63, 3.8) is 0 Å². The Kier molecular flexibility index (Phi) is 6.67. The number of hydrogen-bond donors (Lipinski definition) is 0. The van der Waals surface area contributed by atoms with Crippen LogP contribution in [0.1, 0.15) is 20.8 Å². The Morgan fingerprint density at radius 1 is 0.758 bits per heavy atom. The van der Waals surface area contributed by atoms with Gasteiger partial charge in [-0.1, -0.05) is 0 Å². The summed E-state index contributed by atoms with van der Waals surface area (Å²) in [5, 5.41) is -0.143. The summed E-state index contributed by atoms with van der Waals surface area (Å²) >= 11 is 0. The topological polar surface area (TPSA) is 128 Å². The molecule has 0 aliphatic rings. The maximum Gasteiger partial charge on any atom is 0.308 e. The first-order valence-corrected chi connectivity index (χ1v) is 9.57. The van der Waals surface area contributed by atoms with Gasteiger partial charge in [-0.05, 0) is 24.3 Å². The van der Waals surface area contributed by atoms with E-state index in [9.17, 15) is 19.2 Å². The molecule has 0 spiro atoms. The molecule has 0 amide bonds. The van der Waals surface area contributed by atoms with Crippen molar-refractivity contribution in [3.05, 3.63) is 40.6 Å². The molecule has 3 aromatic rings. The van der Waals surface area contributed by atoms with E-state index in [0.717, 1.165) is 6.92 Å². The molecule has 2 aromatic carbocycles. The van der Waals surface area contributed by atoms with Crippen molar-refractivity contribution in [3.8, 4) is 40.1 Å². The molecule has 0 radical (unpaired) electrons. The third-order valence-corrected chi connectivity index (χ3v) is 4.30. The van der Waals surface area contributed by atoms with Crippen molar-refractivity contribution < 1.29 is 42.5 Å². The zero-order valence-corrected chi connectivity index (χ0v) is 18.5. The van der Waals surface area contributed by atoms with Gasteiger partial charge in [0.15, 0.2) is 17.1 Å². The van der Waals surface area contributed by atoms with Gasteiger partial charge in [0.05, 0.1) is 14.2 Å². The summed E-state index contributed by atoms with van der Waals surface area (Å²) < 4.78 is 32.0. The highest BCUT2D eigenvalue weighted by molar-refractivity contribution is 5.95. The van der Waals surface area contributed by atoms with Gasteiger partial charge in [-0.3, -0.25) is 19.2 Å².